The van der Waals surface area contributed by atoms with E-state index in [1.165, 1.54) is 12.1 Å². The van der Waals surface area contributed by atoms with Crippen molar-refractivity contribution in [1.29, 1.82) is 0 Å². The van der Waals surface area contributed by atoms with Crippen molar-refractivity contribution in [3.05, 3.63) is 41.7 Å². The van der Waals surface area contributed by atoms with Gasteiger partial charge in [0.05, 0.1) is 4.90 Å². The van der Waals surface area contributed by atoms with Crippen LogP contribution in [0.1, 0.15) is 32.1 Å². The summed E-state index contributed by atoms with van der Waals surface area (Å²) in [6.07, 6.45) is 0. The van der Waals surface area contributed by atoms with Gasteiger partial charge in [-0.25, -0.2) is 8.42 Å². The summed E-state index contributed by atoms with van der Waals surface area (Å²) in [6.45, 7) is 7.74. The number of hydrogen-bond acceptors (Lipinski definition) is 4. The number of anilines is 1. The molecule has 0 spiro atoms. The van der Waals surface area contributed by atoms with Gasteiger partial charge in [-0.2, -0.15) is 0 Å². The van der Waals surface area contributed by atoms with Gasteiger partial charge in [0.15, 0.2) is 5.82 Å². The fourth-order valence-electron chi connectivity index (χ4n) is 1.92. The Labute approximate surface area is 119 Å². The summed E-state index contributed by atoms with van der Waals surface area (Å²) in [4.78, 5) is 0.194. The predicted octanol–water partition coefficient (Wildman–Crippen LogP) is 3.08. The van der Waals surface area contributed by atoms with Gasteiger partial charge in [0.25, 0.3) is 10.0 Å². The molecule has 1 heterocycles. The molecule has 1 N–H and O–H groups in total. The van der Waals surface area contributed by atoms with Crippen molar-refractivity contribution in [2.75, 3.05) is 4.72 Å². The Bertz CT molecular complexity index is 698. The van der Waals surface area contributed by atoms with Crippen LogP contribution in [0, 0.1) is 6.92 Å². The fraction of sp³-hybridized carbons (Fsp3) is 0.357. The average molecular weight is 294 g/mol. The minimum absolute atomic E-state index is 0.194. The molecule has 108 valence electrons. The second-order valence-electron chi connectivity index (χ2n) is 5.65. The van der Waals surface area contributed by atoms with Crippen LogP contribution in [0.2, 0.25) is 0 Å². The third-order valence-corrected chi connectivity index (χ3v) is 4.24. The lowest BCUT2D eigenvalue weighted by Gasteiger charge is -2.14. The number of hydrogen-bond donors (Lipinski definition) is 1. The van der Waals surface area contributed by atoms with Gasteiger partial charge in [-0.05, 0) is 19.1 Å². The minimum Gasteiger partial charge on any atom is -0.358 e. The van der Waals surface area contributed by atoms with Crippen LogP contribution in [0.3, 0.4) is 0 Å². The van der Waals surface area contributed by atoms with Gasteiger partial charge in [-0.1, -0.05) is 44.1 Å². The highest BCUT2D eigenvalue weighted by Crippen LogP contribution is 2.30. The number of aromatic nitrogens is 1. The Kier molecular flexibility index (Phi) is 3.60. The molecule has 20 heavy (non-hydrogen) atoms. The van der Waals surface area contributed by atoms with E-state index in [2.05, 4.69) is 9.88 Å². The molecule has 0 bridgehead atoms. The summed E-state index contributed by atoms with van der Waals surface area (Å²) in [5.74, 6) is 0.905. The summed E-state index contributed by atoms with van der Waals surface area (Å²) in [7, 11) is -3.64. The lowest BCUT2D eigenvalue weighted by Crippen LogP contribution is -2.15. The molecule has 0 atom stereocenters. The lowest BCUT2D eigenvalue weighted by atomic mass is 9.91. The van der Waals surface area contributed by atoms with Crippen molar-refractivity contribution in [2.24, 2.45) is 0 Å². The summed E-state index contributed by atoms with van der Waals surface area (Å²) in [5.41, 5.74) is 0.477. The molecule has 2 aromatic rings. The summed E-state index contributed by atoms with van der Waals surface area (Å²) in [6, 6.07) is 8.17. The number of nitrogens with one attached hydrogen (secondary N) is 1. The van der Waals surface area contributed by atoms with Gasteiger partial charge in [-0.15, -0.1) is 0 Å². The molecule has 1 aromatic heterocycles. The van der Waals surface area contributed by atoms with Gasteiger partial charge in [-0.3, -0.25) is 4.72 Å². The summed E-state index contributed by atoms with van der Waals surface area (Å²) in [5, 5.41) is 3.83. The van der Waals surface area contributed by atoms with E-state index in [-0.39, 0.29) is 16.1 Å². The molecule has 5 nitrogen and oxygen atoms in total. The van der Waals surface area contributed by atoms with E-state index in [0.29, 0.717) is 11.3 Å². The zero-order valence-corrected chi connectivity index (χ0v) is 12.8. The number of benzene rings is 1. The molecule has 0 fully saturated rings. The highest BCUT2D eigenvalue weighted by atomic mass is 32.2. The molecule has 0 unspecified atom stereocenters. The summed E-state index contributed by atoms with van der Waals surface area (Å²) < 4.78 is 32.2. The zero-order valence-electron chi connectivity index (χ0n) is 12.0. The Morgan fingerprint density at radius 1 is 1.15 bits per heavy atom. The van der Waals surface area contributed by atoms with E-state index < -0.39 is 10.0 Å². The molecule has 0 aliphatic carbocycles. The maximum atomic E-state index is 12.2. The molecule has 0 radical (unpaired) electrons. The molecule has 0 saturated heterocycles. The smallest absolute Gasteiger partial charge is 0.263 e. The quantitative estimate of drug-likeness (QED) is 0.944. The maximum absolute atomic E-state index is 12.2. The Balaban J connectivity index is 2.34. The van der Waals surface area contributed by atoms with Crippen LogP contribution in [-0.2, 0) is 15.4 Å². The van der Waals surface area contributed by atoms with E-state index in [1.54, 1.807) is 25.1 Å². The Hall–Kier alpha value is -1.82. The standard InChI is InChI=1S/C14H18N2O3S/c1-10-12(14(2,3)4)19-15-13(10)16-20(17,18)11-8-6-5-7-9-11/h5-9H,1-4H3,(H,15,16). The average Bonchev–Trinajstić information content (AvgIpc) is 2.71. The first kappa shape index (κ1) is 14.6. The van der Waals surface area contributed by atoms with Crippen molar-refractivity contribution in [2.45, 2.75) is 38.0 Å². The number of sulfonamides is 1. The topological polar surface area (TPSA) is 72.2 Å². The van der Waals surface area contributed by atoms with E-state index in [0.717, 1.165) is 0 Å². The van der Waals surface area contributed by atoms with Crippen LogP contribution in [0.4, 0.5) is 5.82 Å². The zero-order chi connectivity index (χ0) is 15.0. The van der Waals surface area contributed by atoms with E-state index in [4.69, 9.17) is 4.52 Å². The first-order chi connectivity index (χ1) is 9.22. The van der Waals surface area contributed by atoms with Crippen molar-refractivity contribution in [3.8, 4) is 0 Å². The summed E-state index contributed by atoms with van der Waals surface area (Å²) >= 11 is 0. The second kappa shape index (κ2) is 4.94. The predicted molar refractivity (Wildman–Crippen MR) is 77.2 cm³/mol. The first-order valence-corrected chi connectivity index (χ1v) is 7.75. The maximum Gasteiger partial charge on any atom is 0.263 e. The van der Waals surface area contributed by atoms with Gasteiger partial charge in [0.2, 0.25) is 0 Å². The third-order valence-electron chi connectivity index (χ3n) is 2.89. The highest BCUT2D eigenvalue weighted by Gasteiger charge is 2.26. The Morgan fingerprint density at radius 3 is 2.25 bits per heavy atom. The Morgan fingerprint density at radius 2 is 1.75 bits per heavy atom. The molecule has 0 aliphatic rings. The normalized spacial score (nSPS) is 12.4. The van der Waals surface area contributed by atoms with Crippen LogP contribution >= 0.6 is 0 Å². The van der Waals surface area contributed by atoms with E-state index >= 15 is 0 Å². The van der Waals surface area contributed by atoms with E-state index in [1.807, 2.05) is 20.8 Å². The van der Waals surface area contributed by atoms with Crippen molar-refractivity contribution in [1.82, 2.24) is 5.16 Å². The van der Waals surface area contributed by atoms with E-state index in [9.17, 15) is 8.42 Å². The minimum atomic E-state index is -3.64. The molecular formula is C14H18N2O3S. The molecule has 2 rings (SSSR count). The molecule has 0 amide bonds. The van der Waals surface area contributed by atoms with Crippen LogP contribution in [0.25, 0.3) is 0 Å². The van der Waals surface area contributed by atoms with Crippen molar-refractivity contribution >= 4 is 15.8 Å². The lowest BCUT2D eigenvalue weighted by molar-refractivity contribution is 0.329. The van der Waals surface area contributed by atoms with Gasteiger partial charge in [0.1, 0.15) is 5.76 Å². The van der Waals surface area contributed by atoms with Gasteiger partial charge in [0, 0.05) is 11.0 Å². The monoisotopic (exact) mass is 294 g/mol. The van der Waals surface area contributed by atoms with Gasteiger partial charge < -0.3 is 4.52 Å². The second-order valence-corrected chi connectivity index (χ2v) is 7.34. The van der Waals surface area contributed by atoms with Crippen molar-refractivity contribution in [3.63, 3.8) is 0 Å². The molecule has 1 aromatic carbocycles. The van der Waals surface area contributed by atoms with Gasteiger partial charge >= 0.3 is 0 Å². The molecule has 0 aliphatic heterocycles. The van der Waals surface area contributed by atoms with Crippen LogP contribution < -0.4 is 4.72 Å². The number of nitrogens with zero attached hydrogens (tertiary/aromatic N) is 1. The largest absolute Gasteiger partial charge is 0.358 e. The SMILES string of the molecule is Cc1c(NS(=O)(=O)c2ccccc2)noc1C(C)(C)C. The third kappa shape index (κ3) is 2.85. The molecule has 6 heteroatoms. The van der Waals surface area contributed by atoms with Crippen LogP contribution in [0.5, 0.6) is 0 Å². The molecular weight excluding hydrogens is 276 g/mol. The first-order valence-electron chi connectivity index (χ1n) is 6.26. The molecule has 0 saturated carbocycles. The number of rotatable bonds is 3. The van der Waals surface area contributed by atoms with Crippen LogP contribution in [-0.4, -0.2) is 13.6 Å². The van der Waals surface area contributed by atoms with Crippen molar-refractivity contribution < 1.29 is 12.9 Å². The highest BCUT2D eigenvalue weighted by molar-refractivity contribution is 7.92. The van der Waals surface area contributed by atoms with Crippen LogP contribution in [0.15, 0.2) is 39.8 Å². The fourth-order valence-corrected chi connectivity index (χ4v) is 2.99.